The predicted molar refractivity (Wildman–Crippen MR) is 59.4 cm³/mol. The van der Waals surface area contributed by atoms with Crippen molar-refractivity contribution < 1.29 is 5.11 Å². The highest BCUT2D eigenvalue weighted by atomic mass is 16.3. The normalized spacial score (nSPS) is 23.6. The molecule has 2 N–H and O–H groups in total. The lowest BCUT2D eigenvalue weighted by Gasteiger charge is -2.27. The largest absolute Gasteiger partial charge is 0.392 e. The van der Waals surface area contributed by atoms with Gasteiger partial charge in [-0.25, -0.2) is 0 Å². The minimum atomic E-state index is -0.270. The van der Waals surface area contributed by atoms with Gasteiger partial charge >= 0.3 is 0 Å². The van der Waals surface area contributed by atoms with Crippen LogP contribution < -0.4 is 5.32 Å². The molecule has 1 aliphatic carbocycles. The van der Waals surface area contributed by atoms with Crippen molar-refractivity contribution in [2.75, 3.05) is 13.6 Å². The first-order chi connectivity index (χ1) is 6.52. The Labute approximate surface area is 87.5 Å². The first-order valence-electron chi connectivity index (χ1n) is 5.65. The van der Waals surface area contributed by atoms with E-state index in [9.17, 15) is 5.11 Å². The van der Waals surface area contributed by atoms with Gasteiger partial charge in [0, 0.05) is 24.7 Å². The molecule has 3 unspecified atom stereocenters. The third kappa shape index (κ3) is 3.56. The Balaban J connectivity index is 2.16. The minimum Gasteiger partial charge on any atom is -0.392 e. The average molecular weight is 200 g/mol. The average Bonchev–Trinajstić information content (AvgIpc) is 2.95. The molecular weight excluding hydrogens is 176 g/mol. The van der Waals surface area contributed by atoms with Crippen LogP contribution in [-0.2, 0) is 0 Å². The van der Waals surface area contributed by atoms with E-state index < -0.39 is 0 Å². The molecule has 0 aliphatic heterocycles. The van der Waals surface area contributed by atoms with Crippen LogP contribution in [-0.4, -0.2) is 47.8 Å². The third-order valence-corrected chi connectivity index (χ3v) is 3.28. The van der Waals surface area contributed by atoms with Crippen LogP contribution in [0, 0.1) is 0 Å². The van der Waals surface area contributed by atoms with Gasteiger partial charge in [-0.1, -0.05) is 0 Å². The molecule has 1 fully saturated rings. The third-order valence-electron chi connectivity index (χ3n) is 3.28. The first-order valence-corrected chi connectivity index (χ1v) is 5.65. The molecule has 0 bridgehead atoms. The maximum absolute atomic E-state index is 9.32. The van der Waals surface area contributed by atoms with Crippen molar-refractivity contribution in [1.82, 2.24) is 10.2 Å². The SMILES string of the molecule is CC(O)C(C)NCC(C)N(C)C1CC1. The summed E-state index contributed by atoms with van der Waals surface area (Å²) in [4.78, 5) is 2.43. The van der Waals surface area contributed by atoms with E-state index in [0.717, 1.165) is 12.6 Å². The number of hydrogen-bond donors (Lipinski definition) is 2. The topological polar surface area (TPSA) is 35.5 Å². The van der Waals surface area contributed by atoms with Crippen molar-refractivity contribution in [2.45, 2.75) is 57.8 Å². The van der Waals surface area contributed by atoms with Crippen molar-refractivity contribution in [3.05, 3.63) is 0 Å². The standard InChI is InChI=1S/C11H24N2O/c1-8(13(4)11-5-6-11)7-12-9(2)10(3)14/h8-12,14H,5-7H2,1-4H3. The van der Waals surface area contributed by atoms with Crippen LogP contribution in [0.1, 0.15) is 33.6 Å². The molecule has 0 radical (unpaired) electrons. The van der Waals surface area contributed by atoms with Gasteiger partial charge in [0.15, 0.2) is 0 Å². The number of likely N-dealkylation sites (N-methyl/N-ethyl adjacent to an activating group) is 1. The Bertz CT molecular complexity index is 169. The molecule has 0 heterocycles. The quantitative estimate of drug-likeness (QED) is 0.666. The monoisotopic (exact) mass is 200 g/mol. The molecule has 0 aromatic rings. The number of aliphatic hydroxyl groups excluding tert-OH is 1. The van der Waals surface area contributed by atoms with Crippen molar-refractivity contribution in [3.8, 4) is 0 Å². The van der Waals surface area contributed by atoms with Gasteiger partial charge in [0.25, 0.3) is 0 Å². The first kappa shape index (κ1) is 12.0. The second-order valence-corrected chi connectivity index (χ2v) is 4.68. The Morgan fingerprint density at radius 3 is 2.36 bits per heavy atom. The fraction of sp³-hybridized carbons (Fsp3) is 1.00. The smallest absolute Gasteiger partial charge is 0.0662 e. The number of nitrogens with one attached hydrogen (secondary N) is 1. The van der Waals surface area contributed by atoms with Crippen molar-refractivity contribution >= 4 is 0 Å². The summed E-state index contributed by atoms with van der Waals surface area (Å²) in [5, 5.41) is 12.7. The number of aliphatic hydroxyl groups is 1. The predicted octanol–water partition coefficient (Wildman–Crippen LogP) is 0.828. The summed E-state index contributed by atoms with van der Waals surface area (Å²) in [7, 11) is 2.19. The highest BCUT2D eigenvalue weighted by molar-refractivity contribution is 4.86. The zero-order valence-electron chi connectivity index (χ0n) is 9.83. The minimum absolute atomic E-state index is 0.185. The van der Waals surface area contributed by atoms with Crippen LogP contribution in [0.4, 0.5) is 0 Å². The molecule has 0 saturated heterocycles. The van der Waals surface area contributed by atoms with E-state index in [1.54, 1.807) is 0 Å². The van der Waals surface area contributed by atoms with Crippen LogP contribution in [0.5, 0.6) is 0 Å². The molecule has 0 aromatic heterocycles. The molecule has 0 amide bonds. The maximum atomic E-state index is 9.32. The van der Waals surface area contributed by atoms with E-state index in [1.165, 1.54) is 12.8 Å². The van der Waals surface area contributed by atoms with Crippen LogP contribution in [0.3, 0.4) is 0 Å². The number of hydrogen-bond acceptors (Lipinski definition) is 3. The van der Waals surface area contributed by atoms with E-state index in [2.05, 4.69) is 24.2 Å². The lowest BCUT2D eigenvalue weighted by molar-refractivity contribution is 0.144. The van der Waals surface area contributed by atoms with Gasteiger partial charge in [0.05, 0.1) is 6.10 Å². The molecular formula is C11H24N2O. The maximum Gasteiger partial charge on any atom is 0.0662 e. The van der Waals surface area contributed by atoms with Gasteiger partial charge in [0.2, 0.25) is 0 Å². The summed E-state index contributed by atoms with van der Waals surface area (Å²) < 4.78 is 0. The number of nitrogens with zero attached hydrogens (tertiary/aromatic N) is 1. The molecule has 3 atom stereocenters. The van der Waals surface area contributed by atoms with Crippen molar-refractivity contribution in [2.24, 2.45) is 0 Å². The van der Waals surface area contributed by atoms with Crippen molar-refractivity contribution in [1.29, 1.82) is 0 Å². The lowest BCUT2D eigenvalue weighted by Crippen LogP contribution is -2.44. The zero-order valence-corrected chi connectivity index (χ0v) is 9.83. The summed E-state index contributed by atoms with van der Waals surface area (Å²) >= 11 is 0. The molecule has 0 spiro atoms. The zero-order chi connectivity index (χ0) is 10.7. The second kappa shape index (κ2) is 5.10. The molecule has 3 nitrogen and oxygen atoms in total. The highest BCUT2D eigenvalue weighted by Gasteiger charge is 2.29. The van der Waals surface area contributed by atoms with Gasteiger partial charge in [-0.2, -0.15) is 0 Å². The second-order valence-electron chi connectivity index (χ2n) is 4.68. The van der Waals surface area contributed by atoms with Gasteiger partial charge in [-0.3, -0.25) is 4.90 Å². The summed E-state index contributed by atoms with van der Waals surface area (Å²) in [6, 6.07) is 1.56. The van der Waals surface area contributed by atoms with Gasteiger partial charge in [0.1, 0.15) is 0 Å². The van der Waals surface area contributed by atoms with E-state index in [4.69, 9.17) is 0 Å². The number of rotatable bonds is 6. The van der Waals surface area contributed by atoms with Crippen LogP contribution >= 0.6 is 0 Å². The van der Waals surface area contributed by atoms with Crippen LogP contribution in [0.2, 0.25) is 0 Å². The van der Waals surface area contributed by atoms with Gasteiger partial charge < -0.3 is 10.4 Å². The molecule has 1 rings (SSSR count). The van der Waals surface area contributed by atoms with Gasteiger partial charge in [-0.15, -0.1) is 0 Å². The van der Waals surface area contributed by atoms with Gasteiger partial charge in [-0.05, 0) is 40.7 Å². The van der Waals surface area contributed by atoms with Crippen molar-refractivity contribution in [3.63, 3.8) is 0 Å². The van der Waals surface area contributed by atoms with E-state index in [-0.39, 0.29) is 12.1 Å². The van der Waals surface area contributed by atoms with Crippen LogP contribution in [0.25, 0.3) is 0 Å². The van der Waals surface area contributed by atoms with E-state index in [0.29, 0.717) is 6.04 Å². The summed E-state index contributed by atoms with van der Waals surface area (Å²) in [6.45, 7) is 7.04. The molecule has 1 aliphatic rings. The summed E-state index contributed by atoms with van der Waals surface area (Å²) in [5.74, 6) is 0. The molecule has 14 heavy (non-hydrogen) atoms. The molecule has 84 valence electrons. The van der Waals surface area contributed by atoms with Crippen LogP contribution in [0.15, 0.2) is 0 Å². The Morgan fingerprint density at radius 1 is 1.36 bits per heavy atom. The molecule has 1 saturated carbocycles. The summed E-state index contributed by atoms with van der Waals surface area (Å²) in [6.07, 6.45) is 2.44. The van der Waals surface area contributed by atoms with E-state index >= 15 is 0 Å². The Morgan fingerprint density at radius 2 is 1.93 bits per heavy atom. The van der Waals surface area contributed by atoms with E-state index in [1.807, 2.05) is 13.8 Å². The molecule has 3 heteroatoms. The Hall–Kier alpha value is -0.120. The fourth-order valence-electron chi connectivity index (χ4n) is 1.51. The summed E-state index contributed by atoms with van der Waals surface area (Å²) in [5.41, 5.74) is 0. The molecule has 0 aromatic carbocycles. The Kier molecular flexibility index (Phi) is 4.35. The lowest BCUT2D eigenvalue weighted by atomic mass is 10.2. The fourth-order valence-corrected chi connectivity index (χ4v) is 1.51. The highest BCUT2D eigenvalue weighted by Crippen LogP contribution is 2.26.